The van der Waals surface area contributed by atoms with Crippen molar-refractivity contribution >= 4 is 52.0 Å². The Kier molecular flexibility index (Phi) is 6.41. The van der Waals surface area contributed by atoms with E-state index in [-0.39, 0.29) is 32.7 Å². The molecule has 1 aliphatic rings. The van der Waals surface area contributed by atoms with Crippen LogP contribution in [0.15, 0.2) is 29.2 Å². The van der Waals surface area contributed by atoms with Crippen molar-refractivity contribution in [2.45, 2.75) is 19.4 Å². The smallest absolute Gasteiger partial charge is 0.295 e. The van der Waals surface area contributed by atoms with Gasteiger partial charge in [-0.15, -0.1) is 11.3 Å². The largest absolute Gasteiger partial charge is 0.507 e. The van der Waals surface area contributed by atoms with E-state index in [0.717, 1.165) is 4.88 Å². The predicted molar refractivity (Wildman–Crippen MR) is 113 cm³/mol. The van der Waals surface area contributed by atoms with Gasteiger partial charge in [0.05, 0.1) is 36.4 Å². The molecular formula is C20H19Cl2NO5S. The van der Waals surface area contributed by atoms with Crippen LogP contribution in [-0.4, -0.2) is 42.5 Å². The van der Waals surface area contributed by atoms with Crippen LogP contribution in [0, 0.1) is 0 Å². The second kappa shape index (κ2) is 8.65. The number of methoxy groups -OCH3 is 2. The van der Waals surface area contributed by atoms with E-state index < -0.39 is 23.5 Å². The number of Topliss-reactive ketones (excluding diaryl/α,β-unsaturated/α-hetero) is 1. The highest BCUT2D eigenvalue weighted by Gasteiger charge is 2.46. The summed E-state index contributed by atoms with van der Waals surface area (Å²) >= 11 is 14.0. The van der Waals surface area contributed by atoms with E-state index >= 15 is 0 Å². The highest BCUT2D eigenvalue weighted by molar-refractivity contribution is 7.10. The maximum atomic E-state index is 12.9. The highest BCUT2D eigenvalue weighted by atomic mass is 35.5. The topological polar surface area (TPSA) is 76.1 Å². The standard InChI is InChI=1S/C20H19Cl2NO5S/c1-4-7-23-15(12-6-5-8-29-12)13(17(25)20(23)26)16(24)10-9-11(21)19(28-3)14(22)18(10)27-2/h5-6,8-9,15,24H,4,7H2,1-3H3/b16-13-. The van der Waals surface area contributed by atoms with E-state index in [1.807, 2.05) is 24.4 Å². The average Bonchev–Trinajstić information content (AvgIpc) is 3.30. The van der Waals surface area contributed by atoms with Crippen molar-refractivity contribution in [1.82, 2.24) is 4.90 Å². The summed E-state index contributed by atoms with van der Waals surface area (Å²) in [5, 5.41) is 13.2. The lowest BCUT2D eigenvalue weighted by Crippen LogP contribution is -2.30. The fourth-order valence-corrected chi connectivity index (χ4v) is 4.92. The number of nitrogens with zero attached hydrogens (tertiary/aromatic N) is 1. The number of aliphatic hydroxyl groups is 1. The second-order valence-corrected chi connectivity index (χ2v) is 8.06. The molecule has 154 valence electrons. The van der Waals surface area contributed by atoms with Crippen molar-refractivity contribution < 1.29 is 24.2 Å². The lowest BCUT2D eigenvalue weighted by molar-refractivity contribution is -0.139. The lowest BCUT2D eigenvalue weighted by Gasteiger charge is -2.23. The van der Waals surface area contributed by atoms with Gasteiger partial charge in [-0.05, 0) is 23.9 Å². The molecule has 0 radical (unpaired) electrons. The van der Waals surface area contributed by atoms with Gasteiger partial charge in [0.2, 0.25) is 0 Å². The number of thiophene rings is 1. The highest BCUT2D eigenvalue weighted by Crippen LogP contribution is 2.47. The molecule has 0 aliphatic carbocycles. The summed E-state index contributed by atoms with van der Waals surface area (Å²) in [5.41, 5.74) is 0.0841. The summed E-state index contributed by atoms with van der Waals surface area (Å²) in [6.45, 7) is 2.29. The molecule has 1 unspecified atom stereocenters. The third-order valence-corrected chi connectivity index (χ3v) is 6.16. The van der Waals surface area contributed by atoms with Gasteiger partial charge in [-0.25, -0.2) is 0 Å². The van der Waals surface area contributed by atoms with E-state index in [0.29, 0.717) is 13.0 Å². The van der Waals surface area contributed by atoms with Gasteiger partial charge in [0, 0.05) is 11.4 Å². The second-order valence-electron chi connectivity index (χ2n) is 6.29. The molecular weight excluding hydrogens is 437 g/mol. The Hall–Kier alpha value is -2.22. The Morgan fingerprint density at radius 2 is 1.93 bits per heavy atom. The number of rotatable bonds is 6. The molecule has 1 atom stereocenters. The van der Waals surface area contributed by atoms with E-state index in [1.165, 1.54) is 36.5 Å². The molecule has 1 amide bonds. The van der Waals surface area contributed by atoms with Crippen LogP contribution in [0.25, 0.3) is 5.76 Å². The Bertz CT molecular complexity index is 987. The fourth-order valence-electron chi connectivity index (χ4n) is 3.39. The number of halogens is 2. The van der Waals surface area contributed by atoms with Gasteiger partial charge in [-0.1, -0.05) is 36.2 Å². The van der Waals surface area contributed by atoms with E-state index in [4.69, 9.17) is 32.7 Å². The number of benzene rings is 1. The molecule has 1 N–H and O–H groups in total. The van der Waals surface area contributed by atoms with Crippen LogP contribution in [-0.2, 0) is 9.59 Å². The molecule has 1 saturated heterocycles. The molecule has 1 aliphatic heterocycles. The summed E-state index contributed by atoms with van der Waals surface area (Å²) in [5.74, 6) is -1.54. The normalized spacial score (nSPS) is 18.4. The van der Waals surface area contributed by atoms with E-state index in [9.17, 15) is 14.7 Å². The van der Waals surface area contributed by atoms with Gasteiger partial charge in [-0.2, -0.15) is 0 Å². The van der Waals surface area contributed by atoms with Crippen LogP contribution in [0.1, 0.15) is 29.8 Å². The molecule has 1 fully saturated rings. The monoisotopic (exact) mass is 455 g/mol. The molecule has 9 heteroatoms. The fraction of sp³-hybridized carbons (Fsp3) is 0.300. The van der Waals surface area contributed by atoms with Crippen molar-refractivity contribution in [3.8, 4) is 11.5 Å². The van der Waals surface area contributed by atoms with Crippen molar-refractivity contribution in [2.75, 3.05) is 20.8 Å². The van der Waals surface area contributed by atoms with Crippen molar-refractivity contribution in [3.63, 3.8) is 0 Å². The van der Waals surface area contributed by atoms with Gasteiger partial charge >= 0.3 is 0 Å². The quantitative estimate of drug-likeness (QED) is 0.380. The van der Waals surface area contributed by atoms with Crippen LogP contribution in [0.4, 0.5) is 0 Å². The van der Waals surface area contributed by atoms with Gasteiger partial charge in [0.25, 0.3) is 11.7 Å². The maximum Gasteiger partial charge on any atom is 0.295 e. The SMILES string of the molecule is CCCN1C(=O)C(=O)/C(=C(\O)c2cc(Cl)c(OC)c(Cl)c2OC)C1c1cccs1. The minimum absolute atomic E-state index is 0.0264. The average molecular weight is 456 g/mol. The number of likely N-dealkylation sites (tertiary alicyclic amines) is 1. The molecule has 0 bridgehead atoms. The zero-order chi connectivity index (χ0) is 21.3. The summed E-state index contributed by atoms with van der Waals surface area (Å²) in [6, 6.07) is 4.36. The molecule has 6 nitrogen and oxygen atoms in total. The van der Waals surface area contributed by atoms with E-state index in [1.54, 1.807) is 0 Å². The first kappa shape index (κ1) is 21.5. The molecule has 0 saturated carbocycles. The van der Waals surface area contributed by atoms with Crippen LogP contribution in [0.2, 0.25) is 10.0 Å². The molecule has 2 heterocycles. The Balaban J connectivity index is 2.28. The van der Waals surface area contributed by atoms with Crippen LogP contribution >= 0.6 is 34.5 Å². The number of carbonyl (C=O) groups is 2. The Morgan fingerprint density at radius 3 is 2.48 bits per heavy atom. The van der Waals surface area contributed by atoms with Gasteiger partial charge in [-0.3, -0.25) is 9.59 Å². The molecule has 3 rings (SSSR count). The zero-order valence-corrected chi connectivity index (χ0v) is 18.3. The molecule has 0 spiro atoms. The first-order chi connectivity index (χ1) is 13.9. The molecule has 1 aromatic carbocycles. The van der Waals surface area contributed by atoms with Crippen molar-refractivity contribution in [3.05, 3.63) is 49.6 Å². The lowest BCUT2D eigenvalue weighted by atomic mass is 9.99. The maximum absolute atomic E-state index is 12.9. The van der Waals surface area contributed by atoms with Crippen molar-refractivity contribution in [2.24, 2.45) is 0 Å². The first-order valence-electron chi connectivity index (χ1n) is 8.79. The Morgan fingerprint density at radius 1 is 1.24 bits per heavy atom. The van der Waals surface area contributed by atoms with Gasteiger partial charge < -0.3 is 19.5 Å². The first-order valence-corrected chi connectivity index (χ1v) is 10.4. The number of ether oxygens (including phenoxy) is 2. The molecule has 29 heavy (non-hydrogen) atoms. The Labute approximate surface area is 182 Å². The molecule has 2 aromatic rings. The zero-order valence-electron chi connectivity index (χ0n) is 16.0. The number of ketones is 1. The number of aliphatic hydroxyl groups excluding tert-OH is 1. The summed E-state index contributed by atoms with van der Waals surface area (Å²) < 4.78 is 10.5. The van der Waals surface area contributed by atoms with Crippen LogP contribution in [0.5, 0.6) is 11.5 Å². The number of hydrogen-bond donors (Lipinski definition) is 1. The third kappa shape index (κ3) is 3.58. The number of carbonyl (C=O) groups excluding carboxylic acids is 2. The molecule has 1 aromatic heterocycles. The summed E-state index contributed by atoms with van der Waals surface area (Å²) in [7, 11) is 2.77. The number of hydrogen-bond acceptors (Lipinski definition) is 6. The minimum atomic E-state index is -0.764. The number of amides is 1. The van der Waals surface area contributed by atoms with E-state index in [2.05, 4.69) is 0 Å². The minimum Gasteiger partial charge on any atom is -0.507 e. The van der Waals surface area contributed by atoms with Crippen LogP contribution in [0.3, 0.4) is 0 Å². The van der Waals surface area contributed by atoms with Gasteiger partial charge in [0.1, 0.15) is 10.8 Å². The van der Waals surface area contributed by atoms with Gasteiger partial charge in [0.15, 0.2) is 11.5 Å². The predicted octanol–water partition coefficient (Wildman–Crippen LogP) is 4.90. The summed E-state index contributed by atoms with van der Waals surface area (Å²) in [6.07, 6.45) is 0.665. The third-order valence-electron chi connectivity index (χ3n) is 4.61. The summed E-state index contributed by atoms with van der Waals surface area (Å²) in [4.78, 5) is 27.8. The van der Waals surface area contributed by atoms with Crippen molar-refractivity contribution in [1.29, 1.82) is 0 Å². The van der Waals surface area contributed by atoms with Crippen LogP contribution < -0.4 is 9.47 Å².